The van der Waals surface area contributed by atoms with Gasteiger partial charge in [0.2, 0.25) is 5.52 Å². The Morgan fingerprint density at radius 3 is 2.27 bits per heavy atom. The minimum atomic E-state index is -3.76. The first-order valence-corrected chi connectivity index (χ1v) is 12.8. The van der Waals surface area contributed by atoms with Crippen molar-refractivity contribution in [1.82, 2.24) is 0 Å². The quantitative estimate of drug-likeness (QED) is 0.215. The first-order valence-electron chi connectivity index (χ1n) is 10.5. The zero-order valence-electron chi connectivity index (χ0n) is 17.7. The van der Waals surface area contributed by atoms with Gasteiger partial charge in [-0.15, -0.1) is 0 Å². The van der Waals surface area contributed by atoms with Crippen LogP contribution in [0, 0.1) is 6.92 Å². The van der Waals surface area contributed by atoms with E-state index in [1.165, 1.54) is 19.3 Å². The second-order valence-electron chi connectivity index (χ2n) is 7.46. The third-order valence-corrected chi connectivity index (χ3v) is 8.08. The molecule has 2 aromatic rings. The second kappa shape index (κ2) is 12.1. The molecule has 2 aromatic carbocycles. The highest BCUT2D eigenvalue weighted by atomic mass is 35.5. The molecule has 0 amide bonds. The fourth-order valence-corrected chi connectivity index (χ4v) is 6.03. The standard InChI is InChI=1S/C24H30ClO4P/c1-3-4-5-6-7-11-17-29-22(26)18-30(28,20-14-9-8-10-15-20)24(27)23-19(2)13-12-16-21(23)25/h8-10,12-16H,3-7,11,17-18H2,1-2H3. The third kappa shape index (κ3) is 6.55. The predicted molar refractivity (Wildman–Crippen MR) is 123 cm³/mol. The lowest BCUT2D eigenvalue weighted by atomic mass is 10.1. The molecule has 1 atom stereocenters. The highest BCUT2D eigenvalue weighted by molar-refractivity contribution is 7.88. The van der Waals surface area contributed by atoms with Gasteiger partial charge in [0, 0.05) is 10.9 Å². The summed E-state index contributed by atoms with van der Waals surface area (Å²) in [6.45, 7) is 4.18. The summed E-state index contributed by atoms with van der Waals surface area (Å²) >= 11 is 6.25. The number of hydrogen-bond acceptors (Lipinski definition) is 4. The van der Waals surface area contributed by atoms with Crippen LogP contribution in [0.15, 0.2) is 48.5 Å². The van der Waals surface area contributed by atoms with Crippen LogP contribution in [0.25, 0.3) is 0 Å². The molecule has 4 nitrogen and oxygen atoms in total. The third-order valence-electron chi connectivity index (χ3n) is 5.05. The molecular formula is C24H30ClO4P. The van der Waals surface area contributed by atoms with E-state index < -0.39 is 24.8 Å². The van der Waals surface area contributed by atoms with E-state index in [0.29, 0.717) is 10.9 Å². The summed E-state index contributed by atoms with van der Waals surface area (Å²) in [5, 5.41) is 0.572. The predicted octanol–water partition coefficient (Wildman–Crippen LogP) is 6.38. The van der Waals surface area contributed by atoms with E-state index in [9.17, 15) is 14.2 Å². The SMILES string of the molecule is CCCCCCCCOC(=O)CP(=O)(C(=O)c1c(C)cccc1Cl)c1ccccc1. The molecule has 0 N–H and O–H groups in total. The van der Waals surface area contributed by atoms with Crippen molar-refractivity contribution < 1.29 is 18.9 Å². The Morgan fingerprint density at radius 1 is 0.933 bits per heavy atom. The van der Waals surface area contributed by atoms with E-state index >= 15 is 0 Å². The number of benzene rings is 2. The summed E-state index contributed by atoms with van der Waals surface area (Å²) in [6, 6.07) is 13.5. The van der Waals surface area contributed by atoms with Gasteiger partial charge >= 0.3 is 5.97 Å². The van der Waals surface area contributed by atoms with Crippen LogP contribution in [0.2, 0.25) is 5.02 Å². The minimum Gasteiger partial charge on any atom is -0.465 e. The smallest absolute Gasteiger partial charge is 0.314 e. The van der Waals surface area contributed by atoms with Crippen molar-refractivity contribution in [2.24, 2.45) is 0 Å². The van der Waals surface area contributed by atoms with Gasteiger partial charge in [0.1, 0.15) is 6.16 Å². The van der Waals surface area contributed by atoms with E-state index in [2.05, 4.69) is 6.92 Å². The lowest BCUT2D eigenvalue weighted by Crippen LogP contribution is -2.22. The van der Waals surface area contributed by atoms with E-state index in [1.807, 2.05) is 0 Å². The number of carbonyl (C=O) groups excluding carboxylic acids is 2. The van der Waals surface area contributed by atoms with Crippen LogP contribution < -0.4 is 5.30 Å². The highest BCUT2D eigenvalue weighted by Gasteiger charge is 2.39. The van der Waals surface area contributed by atoms with Crippen LogP contribution in [-0.2, 0) is 14.1 Å². The number of halogens is 1. The van der Waals surface area contributed by atoms with E-state index in [4.69, 9.17) is 16.3 Å². The van der Waals surface area contributed by atoms with Crippen molar-refractivity contribution in [2.45, 2.75) is 52.4 Å². The summed E-state index contributed by atoms with van der Waals surface area (Å²) in [4.78, 5) is 25.9. The molecule has 0 aliphatic heterocycles. The molecule has 0 heterocycles. The first kappa shape index (κ1) is 24.4. The van der Waals surface area contributed by atoms with Crippen LogP contribution in [0.1, 0.15) is 61.4 Å². The number of aryl methyl sites for hydroxylation is 1. The van der Waals surface area contributed by atoms with Crippen molar-refractivity contribution in [1.29, 1.82) is 0 Å². The molecule has 0 bridgehead atoms. The molecule has 0 aliphatic carbocycles. The Hall–Kier alpha value is -1.90. The largest absolute Gasteiger partial charge is 0.465 e. The molecule has 1 unspecified atom stereocenters. The Kier molecular flexibility index (Phi) is 9.81. The van der Waals surface area contributed by atoms with Crippen LogP contribution in [0.5, 0.6) is 0 Å². The summed E-state index contributed by atoms with van der Waals surface area (Å²) in [5.74, 6) is -0.617. The maximum Gasteiger partial charge on any atom is 0.314 e. The van der Waals surface area contributed by atoms with Crippen LogP contribution >= 0.6 is 18.7 Å². The van der Waals surface area contributed by atoms with Crippen LogP contribution in [0.3, 0.4) is 0 Å². The normalized spacial score (nSPS) is 12.9. The van der Waals surface area contributed by atoms with Gasteiger partial charge < -0.3 is 9.30 Å². The number of esters is 1. The molecule has 0 spiro atoms. The minimum absolute atomic E-state index is 0.204. The maximum atomic E-state index is 13.9. The molecule has 0 aliphatic rings. The maximum absolute atomic E-state index is 13.9. The van der Waals surface area contributed by atoms with E-state index in [-0.39, 0.29) is 17.2 Å². The lowest BCUT2D eigenvalue weighted by molar-refractivity contribution is -0.140. The number of carbonyl (C=O) groups is 2. The number of rotatable bonds is 12. The topological polar surface area (TPSA) is 60.4 Å². The van der Waals surface area contributed by atoms with Gasteiger partial charge in [0.05, 0.1) is 11.6 Å². The van der Waals surface area contributed by atoms with Gasteiger partial charge in [0.25, 0.3) is 0 Å². The Balaban J connectivity index is 2.14. The monoisotopic (exact) mass is 448 g/mol. The summed E-state index contributed by atoms with van der Waals surface area (Å²) in [5.41, 5.74) is 0.229. The van der Waals surface area contributed by atoms with Crippen molar-refractivity contribution in [3.05, 3.63) is 64.7 Å². The van der Waals surface area contributed by atoms with Crippen LogP contribution in [-0.4, -0.2) is 24.3 Å². The molecular weight excluding hydrogens is 419 g/mol. The van der Waals surface area contributed by atoms with Gasteiger partial charge in [0.15, 0.2) is 7.14 Å². The van der Waals surface area contributed by atoms with Crippen molar-refractivity contribution in [3.8, 4) is 0 Å². The van der Waals surface area contributed by atoms with Gasteiger partial charge in [-0.25, -0.2) is 0 Å². The van der Waals surface area contributed by atoms with Crippen LogP contribution in [0.4, 0.5) is 0 Å². The zero-order chi connectivity index (χ0) is 22.0. The summed E-state index contributed by atoms with van der Waals surface area (Å²) < 4.78 is 19.2. The second-order valence-corrected chi connectivity index (χ2v) is 10.6. The lowest BCUT2D eigenvalue weighted by Gasteiger charge is -2.19. The fraction of sp³-hybridized carbons (Fsp3) is 0.417. The average molecular weight is 449 g/mol. The summed E-state index contributed by atoms with van der Waals surface area (Å²) in [6.07, 6.45) is 5.98. The average Bonchev–Trinajstić information content (AvgIpc) is 2.73. The molecule has 0 saturated heterocycles. The Labute approximate surface area is 184 Å². The molecule has 0 radical (unpaired) electrons. The molecule has 162 valence electrons. The van der Waals surface area contributed by atoms with Gasteiger partial charge in [-0.05, 0) is 25.0 Å². The number of unbranched alkanes of at least 4 members (excludes halogenated alkanes) is 5. The molecule has 30 heavy (non-hydrogen) atoms. The van der Waals surface area contributed by atoms with Gasteiger partial charge in [-0.3, -0.25) is 9.59 Å². The molecule has 0 aromatic heterocycles. The van der Waals surface area contributed by atoms with E-state index in [1.54, 1.807) is 55.5 Å². The first-order chi connectivity index (χ1) is 14.4. The zero-order valence-corrected chi connectivity index (χ0v) is 19.4. The molecule has 6 heteroatoms. The number of hydrogen-bond donors (Lipinski definition) is 0. The number of ether oxygens (including phenoxy) is 1. The van der Waals surface area contributed by atoms with Crippen molar-refractivity contribution >= 4 is 35.5 Å². The van der Waals surface area contributed by atoms with Crippen molar-refractivity contribution in [2.75, 3.05) is 12.8 Å². The molecule has 0 fully saturated rings. The van der Waals surface area contributed by atoms with E-state index in [0.717, 1.165) is 19.3 Å². The molecule has 0 saturated carbocycles. The fourth-order valence-electron chi connectivity index (χ4n) is 3.33. The summed E-state index contributed by atoms with van der Waals surface area (Å²) in [7, 11) is -3.76. The Morgan fingerprint density at radius 2 is 1.60 bits per heavy atom. The van der Waals surface area contributed by atoms with Crippen molar-refractivity contribution in [3.63, 3.8) is 0 Å². The highest BCUT2D eigenvalue weighted by Crippen LogP contribution is 2.49. The Bertz CT molecular complexity index is 875. The van der Waals surface area contributed by atoms with Gasteiger partial charge in [-0.1, -0.05) is 93.1 Å². The molecule has 2 rings (SSSR count). The van der Waals surface area contributed by atoms with Gasteiger partial charge in [-0.2, -0.15) is 0 Å².